The number of carbonyl (C=O) groups is 1. The second kappa shape index (κ2) is 17.1. The first-order valence-corrected chi connectivity index (χ1v) is 20.7. The standard InChI is InChI=1S/C47H59FN4O2/c1-5-34-28-39(16-18-40(34)45(53)6-2)51-26-24-50(25-27-51)31-33-20-22-52(23-21-33)44-19-14-37(29-43(44)48)47(46(32(3)4)36-10-8-7-9-11-36)41-17-15-38(49-54)30-42(41)35-12-13-35/h7-11,14-19,28,30,32-33,35,43,46-47H,5-6,12-13,20-27,29,31H2,1-4H3. The second-order valence-corrected chi connectivity index (χ2v) is 16.5. The summed E-state index contributed by atoms with van der Waals surface area (Å²) in [6.45, 7) is 15.6. The summed E-state index contributed by atoms with van der Waals surface area (Å²) in [6, 6.07) is 23.1. The van der Waals surface area contributed by atoms with Gasteiger partial charge in [0.1, 0.15) is 11.9 Å². The number of rotatable bonds is 14. The fourth-order valence-electron chi connectivity index (χ4n) is 9.58. The van der Waals surface area contributed by atoms with Gasteiger partial charge < -0.3 is 9.80 Å². The average molecular weight is 731 g/mol. The van der Waals surface area contributed by atoms with Crippen molar-refractivity contribution in [1.82, 2.24) is 9.80 Å². The number of carbonyl (C=O) groups excluding carboxylic acids is 1. The number of likely N-dealkylation sites (tertiary alicyclic amines) is 1. The molecule has 0 amide bonds. The van der Waals surface area contributed by atoms with E-state index >= 15 is 4.39 Å². The normalized spacial score (nSPS) is 21.1. The third-order valence-electron chi connectivity index (χ3n) is 12.7. The summed E-state index contributed by atoms with van der Waals surface area (Å²) in [5.74, 6) is 1.82. The van der Waals surface area contributed by atoms with Gasteiger partial charge >= 0.3 is 0 Å². The minimum absolute atomic E-state index is 0.0178. The second-order valence-electron chi connectivity index (χ2n) is 16.5. The molecule has 2 saturated heterocycles. The zero-order valence-electron chi connectivity index (χ0n) is 32.9. The third kappa shape index (κ3) is 8.41. The highest BCUT2D eigenvalue weighted by molar-refractivity contribution is 5.97. The fourth-order valence-corrected chi connectivity index (χ4v) is 9.58. The van der Waals surface area contributed by atoms with E-state index in [2.05, 4.69) is 101 Å². The molecule has 0 N–H and O–H groups in total. The molecule has 1 saturated carbocycles. The smallest absolute Gasteiger partial charge is 0.162 e. The molecule has 3 aromatic carbocycles. The van der Waals surface area contributed by atoms with Gasteiger partial charge in [0.05, 0.1) is 0 Å². The van der Waals surface area contributed by atoms with Crippen LogP contribution in [0.3, 0.4) is 0 Å². The number of allylic oxidation sites excluding steroid dienone is 4. The number of nitroso groups, excluding NO2 is 1. The summed E-state index contributed by atoms with van der Waals surface area (Å²) in [6.07, 6.45) is 9.51. The largest absolute Gasteiger partial charge is 0.372 e. The molecule has 0 aromatic heterocycles. The molecule has 3 fully saturated rings. The van der Waals surface area contributed by atoms with Crippen molar-refractivity contribution >= 4 is 17.2 Å². The minimum atomic E-state index is -1.04. The lowest BCUT2D eigenvalue weighted by atomic mass is 9.68. The summed E-state index contributed by atoms with van der Waals surface area (Å²) in [5, 5.41) is 3.28. The van der Waals surface area contributed by atoms with Crippen LogP contribution < -0.4 is 4.90 Å². The molecule has 3 atom stereocenters. The number of anilines is 1. The van der Waals surface area contributed by atoms with Gasteiger partial charge in [-0.3, -0.25) is 9.69 Å². The Morgan fingerprint density at radius 1 is 0.852 bits per heavy atom. The molecular formula is C47H59FN4O2. The molecule has 0 spiro atoms. The highest BCUT2D eigenvalue weighted by Crippen LogP contribution is 2.52. The molecule has 2 aliphatic carbocycles. The van der Waals surface area contributed by atoms with Crippen LogP contribution in [0.5, 0.6) is 0 Å². The van der Waals surface area contributed by atoms with Gasteiger partial charge in [-0.1, -0.05) is 75.7 Å². The Balaban J connectivity index is 1.01. The Bertz CT molecular complexity index is 1830. The molecule has 4 aliphatic rings. The minimum Gasteiger partial charge on any atom is -0.372 e. The Morgan fingerprint density at radius 2 is 1.59 bits per heavy atom. The number of benzene rings is 3. The SMILES string of the molecule is CCC(=O)c1ccc(N2CCN(CC3CCN(C4=CC=C(C(c5ccc(N=O)cc5C5CC5)C(c5ccccc5)C(C)C)CC4F)CC3)CC2)cc1CC. The first-order chi connectivity index (χ1) is 26.3. The fraction of sp³-hybridized carbons (Fsp3) is 0.511. The first-order valence-electron chi connectivity index (χ1n) is 20.7. The average Bonchev–Trinajstić information content (AvgIpc) is 4.06. The van der Waals surface area contributed by atoms with Crippen LogP contribution in [0.1, 0.15) is 117 Å². The molecule has 3 aromatic rings. The van der Waals surface area contributed by atoms with Crippen molar-refractivity contribution in [2.75, 3.05) is 50.7 Å². The number of aryl methyl sites for hydroxylation is 1. The lowest BCUT2D eigenvalue weighted by molar-refractivity contribution is 0.0987. The molecule has 54 heavy (non-hydrogen) atoms. The van der Waals surface area contributed by atoms with E-state index in [0.717, 1.165) is 100 Å². The van der Waals surface area contributed by atoms with Crippen molar-refractivity contribution in [2.45, 2.75) is 96.6 Å². The van der Waals surface area contributed by atoms with Crippen LogP contribution in [-0.4, -0.2) is 67.6 Å². The number of halogens is 1. The van der Waals surface area contributed by atoms with Gasteiger partial charge in [-0.2, -0.15) is 0 Å². The van der Waals surface area contributed by atoms with E-state index in [1.807, 2.05) is 25.1 Å². The highest BCUT2D eigenvalue weighted by Gasteiger charge is 2.38. The topological polar surface area (TPSA) is 56.2 Å². The first kappa shape index (κ1) is 38.2. The van der Waals surface area contributed by atoms with E-state index in [4.69, 9.17) is 0 Å². The molecule has 0 radical (unpaired) electrons. The number of ketones is 1. The van der Waals surface area contributed by atoms with Crippen molar-refractivity contribution in [2.24, 2.45) is 17.0 Å². The van der Waals surface area contributed by atoms with E-state index in [9.17, 15) is 9.70 Å². The number of piperidine rings is 1. The molecular weight excluding hydrogens is 672 g/mol. The molecule has 2 aliphatic heterocycles. The van der Waals surface area contributed by atoms with Gasteiger partial charge in [0.15, 0.2) is 5.78 Å². The van der Waals surface area contributed by atoms with Crippen LogP contribution in [-0.2, 0) is 6.42 Å². The van der Waals surface area contributed by atoms with E-state index in [1.54, 1.807) is 0 Å². The van der Waals surface area contributed by atoms with E-state index in [0.29, 0.717) is 36.3 Å². The predicted octanol–water partition coefficient (Wildman–Crippen LogP) is 10.7. The molecule has 6 nitrogen and oxygen atoms in total. The Hall–Kier alpha value is -4.10. The van der Waals surface area contributed by atoms with E-state index in [1.165, 1.54) is 22.4 Å². The van der Waals surface area contributed by atoms with Crippen molar-refractivity contribution < 1.29 is 9.18 Å². The molecule has 0 bridgehead atoms. The summed E-state index contributed by atoms with van der Waals surface area (Å²) in [7, 11) is 0. The van der Waals surface area contributed by atoms with Crippen LogP contribution in [0.4, 0.5) is 15.8 Å². The summed E-state index contributed by atoms with van der Waals surface area (Å²) in [5.41, 5.74) is 9.45. The monoisotopic (exact) mass is 730 g/mol. The number of alkyl halides is 1. The summed E-state index contributed by atoms with van der Waals surface area (Å²) in [4.78, 5) is 31.4. The van der Waals surface area contributed by atoms with Crippen LogP contribution in [0, 0.1) is 16.7 Å². The Labute approximate surface area is 322 Å². The third-order valence-corrected chi connectivity index (χ3v) is 12.7. The number of piperazine rings is 1. The maximum atomic E-state index is 16.6. The van der Waals surface area contributed by atoms with Gasteiger partial charge in [0.2, 0.25) is 0 Å². The number of nitrogens with zero attached hydrogens (tertiary/aromatic N) is 4. The van der Waals surface area contributed by atoms with Gasteiger partial charge in [0, 0.05) is 81.5 Å². The van der Waals surface area contributed by atoms with E-state index < -0.39 is 6.17 Å². The van der Waals surface area contributed by atoms with E-state index in [-0.39, 0.29) is 17.6 Å². The zero-order chi connectivity index (χ0) is 37.8. The molecule has 3 unspecified atom stereocenters. The van der Waals surface area contributed by atoms with Crippen LogP contribution >= 0.6 is 0 Å². The van der Waals surface area contributed by atoms with Gasteiger partial charge in [-0.15, -0.1) is 4.91 Å². The summed E-state index contributed by atoms with van der Waals surface area (Å²) >= 11 is 0. The van der Waals surface area contributed by atoms with Crippen LogP contribution in [0.2, 0.25) is 0 Å². The zero-order valence-corrected chi connectivity index (χ0v) is 32.9. The van der Waals surface area contributed by atoms with Crippen molar-refractivity contribution in [3.05, 3.63) is 123 Å². The summed E-state index contributed by atoms with van der Waals surface area (Å²) < 4.78 is 16.6. The number of hydrogen-bond donors (Lipinski definition) is 0. The maximum absolute atomic E-state index is 16.6. The Kier molecular flexibility index (Phi) is 12.1. The highest BCUT2D eigenvalue weighted by atomic mass is 19.1. The number of Topliss-reactive ketones (excluding diaryl/α,β-unsaturated/α-hetero) is 1. The Morgan fingerprint density at radius 3 is 2.22 bits per heavy atom. The van der Waals surface area contributed by atoms with Crippen molar-refractivity contribution in [1.29, 1.82) is 0 Å². The maximum Gasteiger partial charge on any atom is 0.162 e. The van der Waals surface area contributed by atoms with Gasteiger partial charge in [0.25, 0.3) is 0 Å². The molecule has 2 heterocycles. The van der Waals surface area contributed by atoms with Crippen LogP contribution in [0.15, 0.2) is 95.3 Å². The quantitative estimate of drug-likeness (QED) is 0.122. The van der Waals surface area contributed by atoms with Gasteiger partial charge in [-0.05, 0) is 120 Å². The molecule has 7 heteroatoms. The van der Waals surface area contributed by atoms with Crippen LogP contribution in [0.25, 0.3) is 0 Å². The molecule has 286 valence electrons. The number of hydrogen-bond acceptors (Lipinski definition) is 6. The molecule has 7 rings (SSSR count). The van der Waals surface area contributed by atoms with Gasteiger partial charge in [-0.25, -0.2) is 4.39 Å². The van der Waals surface area contributed by atoms with Crippen molar-refractivity contribution in [3.63, 3.8) is 0 Å². The lowest BCUT2D eigenvalue weighted by Gasteiger charge is -2.42. The predicted molar refractivity (Wildman–Crippen MR) is 220 cm³/mol. The lowest BCUT2D eigenvalue weighted by Crippen LogP contribution is -2.49. The van der Waals surface area contributed by atoms with Crippen molar-refractivity contribution in [3.8, 4) is 0 Å².